The summed E-state index contributed by atoms with van der Waals surface area (Å²) in [6.45, 7) is 1.92. The molecule has 3 heteroatoms. The van der Waals surface area contributed by atoms with Crippen molar-refractivity contribution in [2.24, 2.45) is 5.92 Å². The first kappa shape index (κ1) is 12.1. The van der Waals surface area contributed by atoms with Crippen LogP contribution in [-0.2, 0) is 6.54 Å². The predicted octanol–water partition coefficient (Wildman–Crippen LogP) is 4.10. The molecular weight excluding hydrogens is 244 g/mol. The molecule has 0 atom stereocenters. The number of hydrogen-bond acceptors (Lipinski definition) is 1. The van der Waals surface area contributed by atoms with E-state index in [1.165, 1.54) is 25.7 Å². The van der Waals surface area contributed by atoms with Gasteiger partial charge in [0.25, 0.3) is 0 Å². The monoisotopic (exact) mass is 262 g/mol. The molecule has 3 rings (SSSR count). The van der Waals surface area contributed by atoms with Crippen LogP contribution in [0.15, 0.2) is 24.3 Å². The van der Waals surface area contributed by atoms with E-state index >= 15 is 0 Å². The van der Waals surface area contributed by atoms with Crippen LogP contribution in [0.3, 0.4) is 0 Å². The molecule has 1 fully saturated rings. The van der Waals surface area contributed by atoms with Crippen LogP contribution in [0, 0.1) is 5.92 Å². The van der Waals surface area contributed by atoms with E-state index in [1.807, 2.05) is 12.1 Å². The molecule has 2 nitrogen and oxygen atoms in total. The van der Waals surface area contributed by atoms with Gasteiger partial charge in [-0.05, 0) is 31.4 Å². The molecule has 1 aromatic heterocycles. The minimum Gasteiger partial charge on any atom is -0.356 e. The van der Waals surface area contributed by atoms with E-state index in [0.717, 1.165) is 40.6 Å². The molecule has 2 N–H and O–H groups in total. The predicted molar refractivity (Wildman–Crippen MR) is 77.0 cm³/mol. The second-order valence-corrected chi connectivity index (χ2v) is 5.60. The summed E-state index contributed by atoms with van der Waals surface area (Å²) in [7, 11) is 0. The van der Waals surface area contributed by atoms with Crippen molar-refractivity contribution in [3.8, 4) is 0 Å². The first-order valence-corrected chi connectivity index (χ1v) is 7.18. The van der Waals surface area contributed by atoms with Gasteiger partial charge in [0.15, 0.2) is 0 Å². The maximum absolute atomic E-state index is 6.36. The van der Waals surface area contributed by atoms with Crippen molar-refractivity contribution in [1.82, 2.24) is 10.3 Å². The summed E-state index contributed by atoms with van der Waals surface area (Å²) in [4.78, 5) is 3.38. The molecule has 0 radical (unpaired) electrons. The summed E-state index contributed by atoms with van der Waals surface area (Å²) in [6.07, 6.45) is 5.57. The molecule has 0 unspecified atom stereocenters. The highest BCUT2D eigenvalue weighted by Crippen LogP contribution is 2.33. The van der Waals surface area contributed by atoms with E-state index in [9.17, 15) is 0 Å². The third-order valence-corrected chi connectivity index (χ3v) is 4.11. The molecule has 1 aliphatic carbocycles. The van der Waals surface area contributed by atoms with E-state index < -0.39 is 0 Å². The normalized spacial score (nSPS) is 15.4. The van der Waals surface area contributed by atoms with Crippen LogP contribution in [0.2, 0.25) is 5.02 Å². The third-order valence-electron chi connectivity index (χ3n) is 3.68. The molecule has 0 bridgehead atoms. The highest BCUT2D eigenvalue weighted by Gasteiger charge is 2.19. The Morgan fingerprint density at radius 2 is 2.11 bits per heavy atom. The lowest BCUT2D eigenvalue weighted by Gasteiger charge is -2.03. The van der Waals surface area contributed by atoms with Gasteiger partial charge in [0.2, 0.25) is 0 Å². The Balaban J connectivity index is 1.54. The summed E-state index contributed by atoms with van der Waals surface area (Å²) in [6, 6.07) is 8.18. The molecule has 0 amide bonds. The van der Waals surface area contributed by atoms with Crippen molar-refractivity contribution in [3.63, 3.8) is 0 Å². The summed E-state index contributed by atoms with van der Waals surface area (Å²) < 4.78 is 0. The molecule has 0 saturated heterocycles. The van der Waals surface area contributed by atoms with E-state index in [4.69, 9.17) is 11.6 Å². The van der Waals surface area contributed by atoms with Crippen molar-refractivity contribution in [2.75, 3.05) is 6.54 Å². The Kier molecular flexibility index (Phi) is 3.57. The van der Waals surface area contributed by atoms with E-state index in [0.29, 0.717) is 0 Å². The Morgan fingerprint density at radius 1 is 1.28 bits per heavy atom. The molecule has 1 saturated carbocycles. The lowest BCUT2D eigenvalue weighted by Crippen LogP contribution is -2.15. The zero-order valence-electron chi connectivity index (χ0n) is 10.5. The maximum atomic E-state index is 6.36. The molecule has 2 aromatic rings. The topological polar surface area (TPSA) is 27.8 Å². The second kappa shape index (κ2) is 5.33. The largest absolute Gasteiger partial charge is 0.356 e. The average molecular weight is 263 g/mol. The number of aromatic nitrogens is 1. The second-order valence-electron chi connectivity index (χ2n) is 5.23. The van der Waals surface area contributed by atoms with Gasteiger partial charge in [0, 0.05) is 23.1 Å². The molecule has 96 valence electrons. The van der Waals surface area contributed by atoms with Gasteiger partial charge in [0.1, 0.15) is 0 Å². The van der Waals surface area contributed by atoms with Crippen LogP contribution in [0.4, 0.5) is 0 Å². The maximum Gasteiger partial charge on any atom is 0.0705 e. The zero-order valence-corrected chi connectivity index (χ0v) is 11.3. The van der Waals surface area contributed by atoms with Gasteiger partial charge in [-0.3, -0.25) is 0 Å². The molecule has 0 spiro atoms. The van der Waals surface area contributed by atoms with Crippen LogP contribution in [0.5, 0.6) is 0 Å². The van der Waals surface area contributed by atoms with E-state index in [2.05, 4.69) is 22.4 Å². The SMILES string of the molecule is Clc1c(CNCCCC2CC2)[nH]c2ccccc12. The number of H-pyrrole nitrogens is 1. The van der Waals surface area contributed by atoms with E-state index in [1.54, 1.807) is 0 Å². The van der Waals surface area contributed by atoms with Gasteiger partial charge in [0.05, 0.1) is 5.02 Å². The fraction of sp³-hybridized carbons (Fsp3) is 0.467. The highest BCUT2D eigenvalue weighted by molar-refractivity contribution is 6.36. The van der Waals surface area contributed by atoms with Gasteiger partial charge in [-0.1, -0.05) is 42.6 Å². The summed E-state index contributed by atoms with van der Waals surface area (Å²) >= 11 is 6.36. The fourth-order valence-corrected chi connectivity index (χ4v) is 2.70. The number of nitrogens with one attached hydrogen (secondary N) is 2. The van der Waals surface area contributed by atoms with Gasteiger partial charge >= 0.3 is 0 Å². The van der Waals surface area contributed by atoms with Crippen LogP contribution in [0.25, 0.3) is 10.9 Å². The van der Waals surface area contributed by atoms with Crippen LogP contribution in [0.1, 0.15) is 31.4 Å². The number of aromatic amines is 1. The summed E-state index contributed by atoms with van der Waals surface area (Å²) in [5.74, 6) is 1.03. The van der Waals surface area contributed by atoms with Gasteiger partial charge in [-0.2, -0.15) is 0 Å². The van der Waals surface area contributed by atoms with E-state index in [-0.39, 0.29) is 0 Å². The summed E-state index contributed by atoms with van der Waals surface area (Å²) in [5.41, 5.74) is 2.22. The molecule has 0 aliphatic heterocycles. The Bertz CT molecular complexity index is 528. The summed E-state index contributed by atoms with van der Waals surface area (Å²) in [5, 5.41) is 5.45. The molecular formula is C15H19ClN2. The van der Waals surface area contributed by atoms with Crippen LogP contribution < -0.4 is 5.32 Å². The van der Waals surface area contributed by atoms with Crippen molar-refractivity contribution in [1.29, 1.82) is 0 Å². The number of fused-ring (bicyclic) bond motifs is 1. The smallest absolute Gasteiger partial charge is 0.0705 e. The first-order chi connectivity index (χ1) is 8.84. The number of hydrogen-bond donors (Lipinski definition) is 2. The van der Waals surface area contributed by atoms with Crippen molar-refractivity contribution in [3.05, 3.63) is 35.0 Å². The van der Waals surface area contributed by atoms with Crippen LogP contribution >= 0.6 is 11.6 Å². The molecule has 18 heavy (non-hydrogen) atoms. The molecule has 1 aromatic carbocycles. The molecule has 1 heterocycles. The van der Waals surface area contributed by atoms with Crippen molar-refractivity contribution >= 4 is 22.5 Å². The Hall–Kier alpha value is -0.990. The lowest BCUT2D eigenvalue weighted by molar-refractivity contribution is 0.591. The number of benzene rings is 1. The number of rotatable bonds is 6. The van der Waals surface area contributed by atoms with Gasteiger partial charge in [-0.15, -0.1) is 0 Å². The minimum atomic E-state index is 0.832. The van der Waals surface area contributed by atoms with Gasteiger partial charge in [-0.25, -0.2) is 0 Å². The van der Waals surface area contributed by atoms with Crippen molar-refractivity contribution < 1.29 is 0 Å². The fourth-order valence-electron chi connectivity index (χ4n) is 2.42. The number of halogens is 1. The molecule has 1 aliphatic rings. The zero-order chi connectivity index (χ0) is 12.4. The average Bonchev–Trinajstić information content (AvgIpc) is 3.16. The standard InChI is InChI=1S/C15H19ClN2/c16-15-12-5-1-2-6-13(12)18-14(15)10-17-9-3-4-11-7-8-11/h1-2,5-6,11,17-18H,3-4,7-10H2. The number of para-hydroxylation sites is 1. The van der Waals surface area contributed by atoms with Crippen LogP contribution in [-0.4, -0.2) is 11.5 Å². The minimum absolute atomic E-state index is 0.832. The van der Waals surface area contributed by atoms with Gasteiger partial charge < -0.3 is 10.3 Å². The highest BCUT2D eigenvalue weighted by atomic mass is 35.5. The Morgan fingerprint density at radius 3 is 2.89 bits per heavy atom. The first-order valence-electron chi connectivity index (χ1n) is 6.80. The quantitative estimate of drug-likeness (QED) is 0.754. The third kappa shape index (κ3) is 2.70. The van der Waals surface area contributed by atoms with Crippen molar-refractivity contribution in [2.45, 2.75) is 32.2 Å². The lowest BCUT2D eigenvalue weighted by atomic mass is 10.2. The Labute approximate surface area is 113 Å².